The van der Waals surface area contributed by atoms with Crippen molar-refractivity contribution in [1.29, 1.82) is 0 Å². The maximum Gasteiger partial charge on any atom is 0.191 e. The number of aliphatic imine (C=N–C) groups is 1. The van der Waals surface area contributed by atoms with Gasteiger partial charge in [0.1, 0.15) is 12.4 Å². The van der Waals surface area contributed by atoms with Gasteiger partial charge in [0.05, 0.1) is 0 Å². The molecule has 1 aromatic carbocycles. The largest absolute Gasteiger partial charge is 0.492 e. The molecular formula is C22H39N5O. The van der Waals surface area contributed by atoms with Gasteiger partial charge in [-0.3, -0.25) is 4.99 Å². The van der Waals surface area contributed by atoms with E-state index >= 15 is 0 Å². The van der Waals surface area contributed by atoms with Crippen molar-refractivity contribution in [1.82, 2.24) is 20.4 Å². The number of hydrogen-bond acceptors (Lipinski definition) is 4. The van der Waals surface area contributed by atoms with Gasteiger partial charge in [0.2, 0.25) is 0 Å². The summed E-state index contributed by atoms with van der Waals surface area (Å²) in [5, 5.41) is 6.84. The molecule has 0 aromatic heterocycles. The van der Waals surface area contributed by atoms with Gasteiger partial charge in [-0.25, -0.2) is 0 Å². The topological polar surface area (TPSA) is 52.1 Å². The fraction of sp³-hybridized carbons (Fsp3) is 0.682. The molecule has 1 aliphatic heterocycles. The van der Waals surface area contributed by atoms with E-state index < -0.39 is 0 Å². The molecular weight excluding hydrogens is 350 g/mol. The highest BCUT2D eigenvalue weighted by Crippen LogP contribution is 2.17. The van der Waals surface area contributed by atoms with Crippen LogP contribution in [-0.2, 0) is 6.54 Å². The zero-order valence-corrected chi connectivity index (χ0v) is 18.0. The van der Waals surface area contributed by atoms with Crippen LogP contribution in [0, 0.1) is 0 Å². The summed E-state index contributed by atoms with van der Waals surface area (Å²) in [5.41, 5.74) is 1.15. The number of benzene rings is 1. The molecule has 0 saturated carbocycles. The number of rotatable bonds is 11. The molecule has 2 N–H and O–H groups in total. The van der Waals surface area contributed by atoms with Crippen molar-refractivity contribution >= 4 is 5.96 Å². The van der Waals surface area contributed by atoms with Gasteiger partial charge in [-0.05, 0) is 45.1 Å². The summed E-state index contributed by atoms with van der Waals surface area (Å²) in [6, 6.07) is 8.25. The van der Waals surface area contributed by atoms with Gasteiger partial charge in [0, 0.05) is 38.8 Å². The Bertz CT molecular complexity index is 568. The van der Waals surface area contributed by atoms with E-state index in [4.69, 9.17) is 4.74 Å². The third-order valence-electron chi connectivity index (χ3n) is 5.37. The Balaban J connectivity index is 1.75. The van der Waals surface area contributed by atoms with Crippen LogP contribution in [0.25, 0.3) is 0 Å². The van der Waals surface area contributed by atoms with E-state index in [0.29, 0.717) is 13.2 Å². The van der Waals surface area contributed by atoms with Crippen molar-refractivity contribution in [2.45, 2.75) is 39.7 Å². The Labute approximate surface area is 171 Å². The number of likely N-dealkylation sites (tertiary alicyclic amines) is 1. The van der Waals surface area contributed by atoms with Gasteiger partial charge >= 0.3 is 0 Å². The second kappa shape index (κ2) is 13.4. The molecule has 0 unspecified atom stereocenters. The first-order valence-electron chi connectivity index (χ1n) is 10.9. The summed E-state index contributed by atoms with van der Waals surface area (Å²) in [7, 11) is 1.82. The van der Waals surface area contributed by atoms with Gasteiger partial charge in [0.15, 0.2) is 5.96 Å². The van der Waals surface area contributed by atoms with Crippen LogP contribution in [0.1, 0.15) is 38.7 Å². The Morgan fingerprint density at radius 2 is 1.86 bits per heavy atom. The highest BCUT2D eigenvalue weighted by molar-refractivity contribution is 5.79. The minimum atomic E-state index is 0.699. The number of nitrogens with zero attached hydrogens (tertiary/aromatic N) is 3. The number of para-hydroxylation sites is 1. The van der Waals surface area contributed by atoms with Crippen LogP contribution in [0.15, 0.2) is 29.3 Å². The van der Waals surface area contributed by atoms with Crippen LogP contribution in [0.3, 0.4) is 0 Å². The number of likely N-dealkylation sites (N-methyl/N-ethyl adjacent to an activating group) is 1. The lowest BCUT2D eigenvalue weighted by Crippen LogP contribution is -2.42. The van der Waals surface area contributed by atoms with E-state index in [-0.39, 0.29) is 0 Å². The fourth-order valence-corrected chi connectivity index (χ4v) is 3.53. The van der Waals surface area contributed by atoms with Crippen molar-refractivity contribution < 1.29 is 4.74 Å². The van der Waals surface area contributed by atoms with Crippen molar-refractivity contribution in [2.24, 2.45) is 4.99 Å². The van der Waals surface area contributed by atoms with Crippen LogP contribution < -0.4 is 15.4 Å². The van der Waals surface area contributed by atoms with Crippen LogP contribution in [0.2, 0.25) is 0 Å². The molecule has 0 bridgehead atoms. The molecule has 28 heavy (non-hydrogen) atoms. The third kappa shape index (κ3) is 8.07. The molecule has 1 aromatic rings. The van der Waals surface area contributed by atoms with E-state index in [1.54, 1.807) is 0 Å². The third-order valence-corrected chi connectivity index (χ3v) is 5.37. The summed E-state index contributed by atoms with van der Waals surface area (Å²) in [6.45, 7) is 13.3. The Morgan fingerprint density at radius 1 is 1.11 bits per heavy atom. The van der Waals surface area contributed by atoms with Crippen LogP contribution in [-0.4, -0.2) is 75.2 Å². The van der Waals surface area contributed by atoms with Gasteiger partial charge in [-0.1, -0.05) is 38.5 Å². The lowest BCUT2D eigenvalue weighted by Gasteiger charge is -2.26. The highest BCUT2D eigenvalue weighted by Gasteiger charge is 2.10. The van der Waals surface area contributed by atoms with Crippen molar-refractivity contribution in [2.75, 3.05) is 59.5 Å². The number of ether oxygens (including phenoxy) is 1. The van der Waals surface area contributed by atoms with E-state index in [1.807, 2.05) is 19.2 Å². The minimum Gasteiger partial charge on any atom is -0.492 e. The SMILES string of the molecule is CCN(CC)CCOc1ccccc1CNC(=NC)NCCN1CCCCC1. The van der Waals surface area contributed by atoms with Gasteiger partial charge in [-0.2, -0.15) is 0 Å². The van der Waals surface area contributed by atoms with E-state index in [0.717, 1.165) is 50.0 Å². The first-order chi connectivity index (χ1) is 13.8. The molecule has 1 saturated heterocycles. The number of piperidine rings is 1. The Hall–Kier alpha value is -1.79. The number of guanidine groups is 1. The van der Waals surface area contributed by atoms with Crippen molar-refractivity contribution in [3.63, 3.8) is 0 Å². The second-order valence-electron chi connectivity index (χ2n) is 7.24. The van der Waals surface area contributed by atoms with Gasteiger partial charge in [0.25, 0.3) is 0 Å². The normalized spacial score (nSPS) is 15.6. The molecule has 1 heterocycles. The predicted octanol–water partition coefficient (Wildman–Crippen LogP) is 2.56. The maximum absolute atomic E-state index is 6.05. The number of hydrogen-bond donors (Lipinski definition) is 2. The van der Waals surface area contributed by atoms with E-state index in [1.165, 1.54) is 32.4 Å². The summed E-state index contributed by atoms with van der Waals surface area (Å²) in [6.07, 6.45) is 4.04. The lowest BCUT2D eigenvalue weighted by atomic mass is 10.1. The molecule has 6 heteroatoms. The standard InChI is InChI=1S/C22H39N5O/c1-4-26(5-2)17-18-28-21-12-8-7-11-20(21)19-25-22(23-3)24-13-16-27-14-9-6-10-15-27/h7-8,11-12H,4-6,9-10,13-19H2,1-3H3,(H2,23,24,25). The quantitative estimate of drug-likeness (QED) is 0.450. The molecule has 6 nitrogen and oxygen atoms in total. The summed E-state index contributed by atoms with van der Waals surface area (Å²) in [4.78, 5) is 9.25. The Kier molecular flexibility index (Phi) is 10.8. The van der Waals surface area contributed by atoms with Crippen molar-refractivity contribution in [3.8, 4) is 5.75 Å². The van der Waals surface area contributed by atoms with E-state index in [2.05, 4.69) is 51.4 Å². The molecule has 2 rings (SSSR count). The molecule has 0 radical (unpaired) electrons. The smallest absolute Gasteiger partial charge is 0.191 e. The highest BCUT2D eigenvalue weighted by atomic mass is 16.5. The van der Waals surface area contributed by atoms with E-state index in [9.17, 15) is 0 Å². The van der Waals surface area contributed by atoms with Gasteiger partial charge in [-0.15, -0.1) is 0 Å². The molecule has 0 amide bonds. The second-order valence-corrected chi connectivity index (χ2v) is 7.24. The minimum absolute atomic E-state index is 0.699. The zero-order valence-electron chi connectivity index (χ0n) is 18.0. The fourth-order valence-electron chi connectivity index (χ4n) is 3.53. The predicted molar refractivity (Wildman–Crippen MR) is 118 cm³/mol. The first kappa shape index (κ1) is 22.5. The molecule has 0 spiro atoms. The molecule has 0 aliphatic carbocycles. The van der Waals surface area contributed by atoms with Crippen molar-refractivity contribution in [3.05, 3.63) is 29.8 Å². The summed E-state index contributed by atoms with van der Waals surface area (Å²) < 4.78 is 6.05. The van der Waals surface area contributed by atoms with Gasteiger partial charge < -0.3 is 25.2 Å². The average Bonchev–Trinajstić information content (AvgIpc) is 2.75. The Morgan fingerprint density at radius 3 is 2.57 bits per heavy atom. The average molecular weight is 390 g/mol. The van der Waals surface area contributed by atoms with Crippen LogP contribution >= 0.6 is 0 Å². The number of nitrogens with one attached hydrogen (secondary N) is 2. The monoisotopic (exact) mass is 389 g/mol. The first-order valence-corrected chi connectivity index (χ1v) is 10.9. The maximum atomic E-state index is 6.05. The molecule has 1 aliphatic rings. The molecule has 1 fully saturated rings. The summed E-state index contributed by atoms with van der Waals surface area (Å²) >= 11 is 0. The zero-order chi connectivity index (χ0) is 20.0. The molecule has 158 valence electrons. The van der Waals surface area contributed by atoms with Crippen LogP contribution in [0.5, 0.6) is 5.75 Å². The van der Waals surface area contributed by atoms with Crippen LogP contribution in [0.4, 0.5) is 0 Å². The molecule has 0 atom stereocenters. The lowest BCUT2D eigenvalue weighted by molar-refractivity contribution is 0.221. The summed E-state index contributed by atoms with van der Waals surface area (Å²) in [5.74, 6) is 1.79.